The fourth-order valence-electron chi connectivity index (χ4n) is 4.17. The number of rotatable bonds is 5. The number of amides is 1. The molecule has 0 saturated carbocycles. The Labute approximate surface area is 148 Å². The minimum absolute atomic E-state index is 0.0718. The topological polar surface area (TPSA) is 32.3 Å². The Bertz CT molecular complexity index is 517. The van der Waals surface area contributed by atoms with Gasteiger partial charge in [0.1, 0.15) is 0 Å². The quantitative estimate of drug-likeness (QED) is 0.824. The highest BCUT2D eigenvalue weighted by Gasteiger charge is 2.38. The minimum Gasteiger partial charge on any atom is -0.349 e. The number of nitrogens with one attached hydrogen (secondary N) is 1. The molecular formula is C19H27BrN2O. The van der Waals surface area contributed by atoms with Gasteiger partial charge in [-0.15, -0.1) is 0 Å². The Morgan fingerprint density at radius 1 is 1.22 bits per heavy atom. The minimum atomic E-state index is 0.0718. The van der Waals surface area contributed by atoms with Crippen LogP contribution in [0.2, 0.25) is 0 Å². The van der Waals surface area contributed by atoms with Crippen molar-refractivity contribution in [2.24, 2.45) is 0 Å². The molecule has 3 rings (SSSR count). The van der Waals surface area contributed by atoms with E-state index in [9.17, 15) is 4.79 Å². The van der Waals surface area contributed by atoms with Crippen LogP contribution in [0.25, 0.3) is 0 Å². The zero-order valence-corrected chi connectivity index (χ0v) is 15.5. The summed E-state index contributed by atoms with van der Waals surface area (Å²) in [6, 6.07) is 9.30. The summed E-state index contributed by atoms with van der Waals surface area (Å²) in [6.07, 6.45) is 8.73. The molecule has 3 nitrogen and oxygen atoms in total. The lowest BCUT2D eigenvalue weighted by molar-refractivity contribution is 0.0234. The summed E-state index contributed by atoms with van der Waals surface area (Å²) < 4.78 is 1.01. The second-order valence-corrected chi connectivity index (χ2v) is 7.89. The molecule has 1 aromatic rings. The number of benzene rings is 1. The molecule has 1 unspecified atom stereocenters. The molecule has 2 aliphatic heterocycles. The zero-order chi connectivity index (χ0) is 16.2. The van der Waals surface area contributed by atoms with Crippen LogP contribution in [0.15, 0.2) is 28.7 Å². The van der Waals surface area contributed by atoms with E-state index in [0.717, 1.165) is 22.9 Å². The molecule has 2 aliphatic rings. The van der Waals surface area contributed by atoms with Crippen molar-refractivity contribution >= 4 is 21.8 Å². The van der Waals surface area contributed by atoms with Crippen LogP contribution in [-0.2, 0) is 0 Å². The summed E-state index contributed by atoms with van der Waals surface area (Å²) in [6.45, 7) is 3.50. The van der Waals surface area contributed by atoms with E-state index in [0.29, 0.717) is 18.1 Å². The number of unbranched alkanes of at least 4 members (excludes halogenated alkanes) is 1. The van der Waals surface area contributed by atoms with E-state index in [1.54, 1.807) is 0 Å². The standard InChI is InChI=1S/C19H27BrN2O/c1-2-3-11-22-17-5-4-6-18(22)13-16(12-17)21-19(23)14-7-9-15(20)10-8-14/h7-10,16-18H,2-6,11-13H2,1H3,(H,21,23)/t16?,17-,18+. The second-order valence-electron chi connectivity index (χ2n) is 6.98. The van der Waals surface area contributed by atoms with Gasteiger partial charge in [-0.25, -0.2) is 0 Å². The molecule has 2 bridgehead atoms. The van der Waals surface area contributed by atoms with Gasteiger partial charge >= 0.3 is 0 Å². The van der Waals surface area contributed by atoms with Crippen LogP contribution < -0.4 is 5.32 Å². The number of nitrogens with zero attached hydrogens (tertiary/aromatic N) is 1. The number of fused-ring (bicyclic) bond motifs is 2. The maximum Gasteiger partial charge on any atom is 0.251 e. The van der Waals surface area contributed by atoms with Crippen LogP contribution in [0.3, 0.4) is 0 Å². The zero-order valence-electron chi connectivity index (χ0n) is 13.9. The Hall–Kier alpha value is -0.870. The first-order chi connectivity index (χ1) is 11.2. The van der Waals surface area contributed by atoms with Crippen LogP contribution in [0, 0.1) is 0 Å². The summed E-state index contributed by atoms with van der Waals surface area (Å²) >= 11 is 3.42. The highest BCUT2D eigenvalue weighted by Crippen LogP contribution is 2.34. The van der Waals surface area contributed by atoms with Gasteiger partial charge in [-0.05, 0) is 62.9 Å². The Morgan fingerprint density at radius 3 is 2.48 bits per heavy atom. The van der Waals surface area contributed by atoms with Crippen molar-refractivity contribution in [2.45, 2.75) is 70.0 Å². The van der Waals surface area contributed by atoms with Crippen molar-refractivity contribution in [3.05, 3.63) is 34.3 Å². The van der Waals surface area contributed by atoms with E-state index in [1.807, 2.05) is 24.3 Å². The van der Waals surface area contributed by atoms with Crippen molar-refractivity contribution in [3.63, 3.8) is 0 Å². The van der Waals surface area contributed by atoms with Gasteiger partial charge in [0.25, 0.3) is 5.91 Å². The molecule has 1 N–H and O–H groups in total. The van der Waals surface area contributed by atoms with Crippen LogP contribution in [-0.4, -0.2) is 35.5 Å². The molecule has 0 spiro atoms. The molecular weight excluding hydrogens is 352 g/mol. The number of halogens is 1. The molecule has 2 heterocycles. The molecule has 2 fully saturated rings. The maximum absolute atomic E-state index is 12.5. The number of carbonyl (C=O) groups excluding carboxylic acids is 1. The fourth-order valence-corrected chi connectivity index (χ4v) is 4.44. The molecule has 126 valence electrons. The summed E-state index contributed by atoms with van der Waals surface area (Å²) in [5, 5.41) is 3.28. The predicted molar refractivity (Wildman–Crippen MR) is 97.7 cm³/mol. The monoisotopic (exact) mass is 378 g/mol. The van der Waals surface area contributed by atoms with Crippen LogP contribution in [0.5, 0.6) is 0 Å². The summed E-state index contributed by atoms with van der Waals surface area (Å²) in [5.74, 6) is 0.0718. The van der Waals surface area contributed by atoms with E-state index in [-0.39, 0.29) is 5.91 Å². The molecule has 4 heteroatoms. The average Bonchev–Trinajstić information content (AvgIpc) is 2.53. The Kier molecular flexibility index (Phi) is 5.76. The first-order valence-electron chi connectivity index (χ1n) is 8.99. The van der Waals surface area contributed by atoms with Gasteiger partial charge in [-0.1, -0.05) is 35.7 Å². The van der Waals surface area contributed by atoms with E-state index < -0.39 is 0 Å². The highest BCUT2D eigenvalue weighted by molar-refractivity contribution is 9.10. The SMILES string of the molecule is CCCCN1[C@@H]2CCC[C@H]1CC(NC(=O)c1ccc(Br)cc1)C2. The maximum atomic E-state index is 12.5. The number of hydrogen-bond acceptors (Lipinski definition) is 2. The lowest BCUT2D eigenvalue weighted by Gasteiger charge is -2.49. The summed E-state index contributed by atoms with van der Waals surface area (Å²) in [4.78, 5) is 15.2. The van der Waals surface area contributed by atoms with Gasteiger partial charge in [0.05, 0.1) is 0 Å². The highest BCUT2D eigenvalue weighted by atomic mass is 79.9. The van der Waals surface area contributed by atoms with Crippen molar-refractivity contribution in [2.75, 3.05) is 6.54 Å². The molecule has 0 aromatic heterocycles. The summed E-state index contributed by atoms with van der Waals surface area (Å²) in [7, 11) is 0. The number of piperidine rings is 2. The van der Waals surface area contributed by atoms with E-state index in [1.165, 1.54) is 38.6 Å². The molecule has 23 heavy (non-hydrogen) atoms. The van der Waals surface area contributed by atoms with Crippen molar-refractivity contribution in [1.29, 1.82) is 0 Å². The average molecular weight is 379 g/mol. The third-order valence-electron chi connectivity index (χ3n) is 5.34. The molecule has 2 saturated heterocycles. The fraction of sp³-hybridized carbons (Fsp3) is 0.632. The van der Waals surface area contributed by atoms with Crippen molar-refractivity contribution in [1.82, 2.24) is 10.2 Å². The van der Waals surface area contributed by atoms with Gasteiger partial charge < -0.3 is 5.32 Å². The summed E-state index contributed by atoms with van der Waals surface area (Å²) in [5.41, 5.74) is 0.756. The van der Waals surface area contributed by atoms with E-state index in [4.69, 9.17) is 0 Å². The van der Waals surface area contributed by atoms with Gasteiger partial charge in [-0.3, -0.25) is 9.69 Å². The number of carbonyl (C=O) groups is 1. The Balaban J connectivity index is 1.60. The van der Waals surface area contributed by atoms with Crippen LogP contribution in [0.1, 0.15) is 62.2 Å². The molecule has 3 atom stereocenters. The van der Waals surface area contributed by atoms with Gasteiger partial charge in [0.15, 0.2) is 0 Å². The van der Waals surface area contributed by atoms with E-state index in [2.05, 4.69) is 33.1 Å². The lowest BCUT2D eigenvalue weighted by atomic mass is 9.81. The smallest absolute Gasteiger partial charge is 0.251 e. The third kappa shape index (κ3) is 4.16. The first kappa shape index (κ1) is 17.0. The van der Waals surface area contributed by atoms with Crippen LogP contribution >= 0.6 is 15.9 Å². The third-order valence-corrected chi connectivity index (χ3v) is 5.87. The Morgan fingerprint density at radius 2 is 1.87 bits per heavy atom. The predicted octanol–water partition coefficient (Wildman–Crippen LogP) is 4.36. The first-order valence-corrected chi connectivity index (χ1v) is 9.79. The number of hydrogen-bond donors (Lipinski definition) is 1. The lowest BCUT2D eigenvalue weighted by Crippen LogP contribution is -2.57. The van der Waals surface area contributed by atoms with Gasteiger partial charge in [-0.2, -0.15) is 0 Å². The second kappa shape index (κ2) is 7.80. The van der Waals surface area contributed by atoms with Crippen LogP contribution in [0.4, 0.5) is 0 Å². The van der Waals surface area contributed by atoms with Crippen molar-refractivity contribution in [3.8, 4) is 0 Å². The van der Waals surface area contributed by atoms with Gasteiger partial charge in [0, 0.05) is 28.2 Å². The van der Waals surface area contributed by atoms with Crippen molar-refractivity contribution < 1.29 is 4.79 Å². The molecule has 1 aromatic carbocycles. The molecule has 0 aliphatic carbocycles. The molecule has 0 radical (unpaired) electrons. The largest absolute Gasteiger partial charge is 0.349 e. The molecule has 1 amide bonds. The van der Waals surface area contributed by atoms with E-state index >= 15 is 0 Å². The normalized spacial score (nSPS) is 27.7. The van der Waals surface area contributed by atoms with Gasteiger partial charge in [0.2, 0.25) is 0 Å².